The van der Waals surface area contributed by atoms with Crippen LogP contribution in [-0.2, 0) is 38.4 Å². The van der Waals surface area contributed by atoms with Gasteiger partial charge in [-0.1, -0.05) is 55.4 Å². The number of primary amides is 1. The number of amides is 7. The van der Waals surface area contributed by atoms with Crippen molar-refractivity contribution in [1.29, 1.82) is 0 Å². The van der Waals surface area contributed by atoms with Gasteiger partial charge in [0.1, 0.15) is 0 Å². The van der Waals surface area contributed by atoms with Gasteiger partial charge in [0.15, 0.2) is 0 Å². The number of nitrogens with two attached hydrogens (primary N) is 5. The number of rotatable bonds is 74. The minimum absolute atomic E-state index is 0.00828. The molecule has 11 atom stereocenters. The predicted octanol–water partition coefficient (Wildman–Crippen LogP) is -6.00. The summed E-state index contributed by atoms with van der Waals surface area (Å²) in [4.78, 5) is 101. The number of carboxylic acid groups (broad SMARTS) is 1. The zero-order valence-electron chi connectivity index (χ0n) is 66.6. The lowest BCUT2D eigenvalue weighted by Crippen LogP contribution is -2.53. The number of carboxylic acids is 1. The van der Waals surface area contributed by atoms with Gasteiger partial charge in [-0.05, 0) is 147 Å². The van der Waals surface area contributed by atoms with Crippen LogP contribution >= 0.6 is 0 Å². The highest BCUT2D eigenvalue weighted by atomic mass is 16.4. The van der Waals surface area contributed by atoms with E-state index in [0.29, 0.717) is 193 Å². The predicted molar refractivity (Wildman–Crippen MR) is 423 cm³/mol. The SMILES string of the molecule is CN[C@@H](CCC(=O)O)CNCC(=O)N[C@@H](CCCN)CNCC(=O)N[C@@H](CCCN)CNCC(=O)N[C@H](CNCNC(CNCN[C@H](CNCC(=O)N[C@@H](CCCN)CNCC(=O)N[C@@H](CCCN)CNCC(=O)N[C@H](CNCN[C@H](CNCC(N)=O)CC(C)C)CC(C)C)CC(C)C)C(C)O)CC(C)C. The van der Waals surface area contributed by atoms with Crippen LogP contribution in [0, 0.1) is 23.7 Å². The lowest BCUT2D eigenvalue weighted by molar-refractivity contribution is -0.137. The second kappa shape index (κ2) is 65.8. The third-order valence-corrected chi connectivity index (χ3v) is 17.4. The molecule has 0 fully saturated rings. The Morgan fingerprint density at radius 3 is 0.849 bits per heavy atom. The number of nitrogens with one attached hydrogen (secondary N) is 20. The third kappa shape index (κ3) is 60.9. The molecule has 0 rings (SSSR count). The first-order chi connectivity index (χ1) is 50.6. The van der Waals surface area contributed by atoms with Gasteiger partial charge < -0.3 is 140 Å². The summed E-state index contributed by atoms with van der Waals surface area (Å²) < 4.78 is 0. The number of carbonyl (C=O) groups is 8. The zero-order chi connectivity index (χ0) is 79.3. The fourth-order valence-corrected chi connectivity index (χ4v) is 12.1. The van der Waals surface area contributed by atoms with E-state index in [1.165, 1.54) is 0 Å². The number of likely N-dealkylation sites (N-methyl/N-ethyl adjacent to an activating group) is 1. The highest BCUT2D eigenvalue weighted by Gasteiger charge is 2.23. The Morgan fingerprint density at radius 1 is 0.321 bits per heavy atom. The molecule has 0 bridgehead atoms. The van der Waals surface area contributed by atoms with E-state index >= 15 is 0 Å². The molecule has 0 saturated heterocycles. The van der Waals surface area contributed by atoms with Crippen LogP contribution in [0.5, 0.6) is 0 Å². The number of aliphatic carboxylic acids is 1. The van der Waals surface area contributed by atoms with E-state index in [-0.39, 0.29) is 148 Å². The second-order valence-electron chi connectivity index (χ2n) is 29.9. The Balaban J connectivity index is 5.13. The van der Waals surface area contributed by atoms with Gasteiger partial charge in [0.2, 0.25) is 41.4 Å². The summed E-state index contributed by atoms with van der Waals surface area (Å²) in [6.07, 6.45) is 8.23. The maximum absolute atomic E-state index is 13.3. The monoisotopic (exact) mass is 1520 g/mol. The first kappa shape index (κ1) is 101. The van der Waals surface area contributed by atoms with Crippen LogP contribution in [0.25, 0.3) is 0 Å². The normalized spacial score (nSPS) is 14.9. The molecule has 0 aliphatic carbocycles. The van der Waals surface area contributed by atoms with Gasteiger partial charge in [-0.15, -0.1) is 0 Å². The molecule has 35 heteroatoms. The van der Waals surface area contributed by atoms with Crippen molar-refractivity contribution in [3.63, 3.8) is 0 Å². The summed E-state index contributed by atoms with van der Waals surface area (Å²) in [6.45, 7) is 26.8. The second-order valence-corrected chi connectivity index (χ2v) is 29.9. The Morgan fingerprint density at radius 2 is 0.575 bits per heavy atom. The summed E-state index contributed by atoms with van der Waals surface area (Å²) >= 11 is 0. The molecule has 0 heterocycles. The van der Waals surface area contributed by atoms with Crippen LogP contribution in [0.1, 0.15) is 152 Å². The first-order valence-corrected chi connectivity index (χ1v) is 39.3. The topological polar surface area (TPSA) is 548 Å². The number of aliphatic hydroxyl groups excluding tert-OH is 1. The lowest BCUT2D eigenvalue weighted by atomic mass is 10.0. The maximum Gasteiger partial charge on any atom is 0.303 e. The van der Waals surface area contributed by atoms with Gasteiger partial charge in [0.25, 0.3) is 0 Å². The molecule has 35 nitrogen and oxygen atoms in total. The van der Waals surface area contributed by atoms with Gasteiger partial charge in [0.05, 0.1) is 51.9 Å². The summed E-state index contributed by atoms with van der Waals surface area (Å²) in [7, 11) is 1.75. The molecule has 622 valence electrons. The van der Waals surface area contributed by atoms with E-state index in [1.807, 2.05) is 0 Å². The summed E-state index contributed by atoms with van der Waals surface area (Å²) in [6, 6.07) is -1.57. The van der Waals surface area contributed by atoms with Crippen molar-refractivity contribution >= 4 is 47.3 Å². The van der Waals surface area contributed by atoms with Crippen molar-refractivity contribution in [3.8, 4) is 0 Å². The summed E-state index contributed by atoms with van der Waals surface area (Å²) in [5, 5.41) is 84.3. The molecule has 2 unspecified atom stereocenters. The molecule has 106 heavy (non-hydrogen) atoms. The van der Waals surface area contributed by atoms with Crippen LogP contribution < -0.4 is 135 Å². The number of aliphatic hydroxyl groups is 1. The van der Waals surface area contributed by atoms with Crippen molar-refractivity contribution in [3.05, 3.63) is 0 Å². The van der Waals surface area contributed by atoms with E-state index in [0.717, 1.165) is 25.7 Å². The minimum atomic E-state index is -0.878. The summed E-state index contributed by atoms with van der Waals surface area (Å²) in [5.41, 5.74) is 28.6. The van der Waals surface area contributed by atoms with E-state index in [9.17, 15) is 43.5 Å². The molecule has 0 aliphatic heterocycles. The van der Waals surface area contributed by atoms with Crippen molar-refractivity contribution in [2.24, 2.45) is 52.3 Å². The average Bonchev–Trinajstić information content (AvgIpc) is 0.950. The maximum atomic E-state index is 13.3. The molecule has 32 N–H and O–H groups in total. The van der Waals surface area contributed by atoms with Crippen LogP contribution in [0.2, 0.25) is 0 Å². The van der Waals surface area contributed by atoms with Crippen LogP contribution in [0.3, 0.4) is 0 Å². The van der Waals surface area contributed by atoms with Crippen LogP contribution in [0.15, 0.2) is 0 Å². The Kier molecular flexibility index (Phi) is 62.7. The standard InChI is InChI=1S/C71H153N25O10/c1-49(2)25-59(34-78-39-64(76)98)88-46-85-36-61(27-51(5)6)95-69(103)44-82-32-57(17-13-23-74)92-67(101)42-81-31-56(16-12-22-73)94-68(102)43-84-35-60(26-50(3)4)89-47-87-38-63(53(9)97)90-48-86-37-62(28-52(7)8)96-70(104)45-83-33-58(18-14-24-75)93-66(100)41-80-30-55(15-11-21-72)91-65(99)40-79-29-54(77-10)19-20-71(105)106/h49-63,77-90,97H,11-48,72-75H2,1-10H3,(H2,76,98)(H,91,99)(H,92,101)(H,93,100)(H,94,102)(H,95,103)(H,96,104)(H,105,106)/t53?,54-,55-,56-,57-,58-,59-,60-,61-,62-,63?/m0/s1. The number of carbonyl (C=O) groups excluding carboxylic acids is 7. The average molecular weight is 1520 g/mol. The molecule has 0 saturated carbocycles. The molecular weight excluding hydrogens is 1360 g/mol. The van der Waals surface area contributed by atoms with Crippen molar-refractivity contribution < 1.29 is 48.6 Å². The Hall–Kier alpha value is -5.00. The van der Waals surface area contributed by atoms with Gasteiger partial charge in [-0.2, -0.15) is 0 Å². The van der Waals surface area contributed by atoms with E-state index in [2.05, 4.69) is 162 Å². The van der Waals surface area contributed by atoms with Gasteiger partial charge in [0, 0.05) is 152 Å². The van der Waals surface area contributed by atoms with Crippen molar-refractivity contribution in [2.45, 2.75) is 219 Å². The van der Waals surface area contributed by atoms with E-state index in [4.69, 9.17) is 33.8 Å². The Labute approximate surface area is 635 Å². The van der Waals surface area contributed by atoms with E-state index in [1.54, 1.807) is 14.0 Å². The van der Waals surface area contributed by atoms with Crippen LogP contribution in [0.4, 0.5) is 0 Å². The van der Waals surface area contributed by atoms with E-state index < -0.39 is 18.0 Å². The third-order valence-electron chi connectivity index (χ3n) is 17.4. The largest absolute Gasteiger partial charge is 0.481 e. The minimum Gasteiger partial charge on any atom is -0.481 e. The van der Waals surface area contributed by atoms with Crippen LogP contribution in [-0.4, -0.2) is 289 Å². The number of hydrogen-bond donors (Lipinski definition) is 27. The lowest BCUT2D eigenvalue weighted by Gasteiger charge is -2.26. The molecule has 0 aromatic carbocycles. The highest BCUT2D eigenvalue weighted by Crippen LogP contribution is 2.09. The van der Waals surface area contributed by atoms with Gasteiger partial charge in [-0.25, -0.2) is 0 Å². The van der Waals surface area contributed by atoms with Gasteiger partial charge in [-0.3, -0.25) is 43.7 Å². The molecule has 0 radical (unpaired) electrons. The fraction of sp³-hybridized carbons (Fsp3) is 0.887. The molecule has 0 aromatic heterocycles. The summed E-state index contributed by atoms with van der Waals surface area (Å²) in [5.74, 6) is -0.974. The van der Waals surface area contributed by atoms with Crippen molar-refractivity contribution in [1.82, 2.24) is 106 Å². The molecule has 7 amide bonds. The molecule has 0 aliphatic rings. The smallest absolute Gasteiger partial charge is 0.303 e. The fourth-order valence-electron chi connectivity index (χ4n) is 12.1. The molecule has 0 aromatic rings. The van der Waals surface area contributed by atoms with Crippen molar-refractivity contribution in [2.75, 3.05) is 164 Å². The molecular formula is C71H153N25O10. The van der Waals surface area contributed by atoms with Gasteiger partial charge >= 0.3 is 5.97 Å². The highest BCUT2D eigenvalue weighted by molar-refractivity contribution is 5.81. The first-order valence-electron chi connectivity index (χ1n) is 39.3. The zero-order valence-corrected chi connectivity index (χ0v) is 66.6. The Bertz CT molecular complexity index is 2270. The number of hydrogen-bond acceptors (Lipinski definition) is 27. The molecule has 0 spiro atoms. The quantitative estimate of drug-likeness (QED) is 0.0199.